The normalized spacial score (nSPS) is 20.7. The van der Waals surface area contributed by atoms with Crippen LogP contribution < -0.4 is 0 Å². The van der Waals surface area contributed by atoms with E-state index in [9.17, 15) is 9.90 Å². The van der Waals surface area contributed by atoms with Crippen LogP contribution in [0.3, 0.4) is 0 Å². The molecule has 1 saturated carbocycles. The third-order valence-electron chi connectivity index (χ3n) is 10.9. The molecule has 0 saturated heterocycles. The lowest BCUT2D eigenvalue weighted by atomic mass is 9.83. The van der Waals surface area contributed by atoms with Gasteiger partial charge in [-0.1, -0.05) is 205 Å². The molecule has 1 fully saturated rings. The van der Waals surface area contributed by atoms with E-state index in [-0.39, 0.29) is 38.8 Å². The van der Waals surface area contributed by atoms with Crippen LogP contribution in [0, 0.1) is 0 Å². The van der Waals surface area contributed by atoms with Gasteiger partial charge in [0.25, 0.3) is 0 Å². The van der Waals surface area contributed by atoms with Gasteiger partial charge < -0.3 is 28.8 Å². The van der Waals surface area contributed by atoms with Crippen LogP contribution in [0.15, 0.2) is 121 Å². The van der Waals surface area contributed by atoms with Crippen molar-refractivity contribution in [3.8, 4) is 0 Å². The summed E-state index contributed by atoms with van der Waals surface area (Å²) in [7, 11) is 0. The van der Waals surface area contributed by atoms with Crippen LogP contribution in [0.1, 0.15) is 119 Å². The summed E-state index contributed by atoms with van der Waals surface area (Å²) in [5, 5.41) is 12.3. The zero-order chi connectivity index (χ0) is 39.8. The van der Waals surface area contributed by atoms with E-state index >= 15 is 0 Å². The summed E-state index contributed by atoms with van der Waals surface area (Å²) in [5.74, 6) is -0.359. The van der Waals surface area contributed by atoms with Gasteiger partial charge >= 0.3 is 5.97 Å². The molecule has 5 rings (SSSR count). The third-order valence-corrected chi connectivity index (χ3v) is 10.9. The molecule has 1 N–H and O–H groups in total. The molecule has 308 valence electrons. The number of hydrogen-bond donors (Lipinski definition) is 1. The van der Waals surface area contributed by atoms with Crippen LogP contribution in [-0.4, -0.2) is 47.7 Å². The Morgan fingerprint density at radius 2 is 0.719 bits per heavy atom. The Balaban J connectivity index is 1.29. The molecule has 4 aromatic carbocycles. The van der Waals surface area contributed by atoms with Crippen molar-refractivity contribution in [1.29, 1.82) is 0 Å². The van der Waals surface area contributed by atoms with Crippen molar-refractivity contribution in [3.63, 3.8) is 0 Å². The molecule has 7 nitrogen and oxygen atoms in total. The van der Waals surface area contributed by atoms with Gasteiger partial charge in [0.1, 0.15) is 30.5 Å². The van der Waals surface area contributed by atoms with Crippen LogP contribution in [0.4, 0.5) is 0 Å². The summed E-state index contributed by atoms with van der Waals surface area (Å²) in [6.45, 7) is 3.26. The van der Waals surface area contributed by atoms with Gasteiger partial charge in [-0.3, -0.25) is 4.79 Å². The molecule has 0 aromatic heterocycles. The Kier molecular flexibility index (Phi) is 20.4. The van der Waals surface area contributed by atoms with E-state index in [0.717, 1.165) is 41.5 Å². The van der Waals surface area contributed by atoms with Crippen molar-refractivity contribution in [2.24, 2.45) is 0 Å². The second-order valence-corrected chi connectivity index (χ2v) is 15.5. The van der Waals surface area contributed by atoms with E-state index in [1.54, 1.807) is 0 Å². The summed E-state index contributed by atoms with van der Waals surface area (Å²) < 4.78 is 33.0. The molecule has 0 radical (unpaired) electrons. The minimum atomic E-state index is -1.25. The van der Waals surface area contributed by atoms with Crippen molar-refractivity contribution in [1.82, 2.24) is 0 Å². The van der Waals surface area contributed by atoms with Crippen LogP contribution in [0.25, 0.3) is 0 Å². The van der Waals surface area contributed by atoms with Crippen LogP contribution in [-0.2, 0) is 54.9 Å². The summed E-state index contributed by atoms with van der Waals surface area (Å²) in [6, 6.07) is 39.6. The minimum Gasteiger partial charge on any atom is -0.457 e. The standard InChI is InChI=1S/C50H66O7/c1-2-3-4-5-6-7-8-9-10-11-12-13-26-35-44(51)57-47-45(52)46(53-36-40-27-18-14-19-28-40)48(54-37-41-29-20-15-21-30-41)50(56-39-43-33-24-17-25-34-43)49(47)55-38-42-31-22-16-23-32-42/h14-25,27-34,45-50,52H,2-13,26,35-39H2,1H3/t45?,46-,47+,48-,49?,50?/m1/s1. The Morgan fingerprint density at radius 3 is 1.09 bits per heavy atom. The second kappa shape index (κ2) is 26.2. The smallest absolute Gasteiger partial charge is 0.306 e. The Hall–Kier alpha value is -3.85. The SMILES string of the molecule is CCCCCCCCCCCCCCCC(=O)O[C@@H]1C(OCc2ccccc2)C(OCc2ccccc2)[C@H](OCc2ccccc2)[C@H](OCc2ccccc2)C1O. The van der Waals surface area contributed by atoms with Gasteiger partial charge in [-0.05, 0) is 28.7 Å². The average Bonchev–Trinajstić information content (AvgIpc) is 3.25. The van der Waals surface area contributed by atoms with E-state index in [1.807, 2.05) is 121 Å². The fourth-order valence-corrected chi connectivity index (χ4v) is 7.60. The number of ether oxygens (including phenoxy) is 5. The molecule has 0 amide bonds. The molecular formula is C50H66O7. The van der Waals surface area contributed by atoms with Crippen molar-refractivity contribution in [2.75, 3.05) is 0 Å². The fourth-order valence-electron chi connectivity index (χ4n) is 7.60. The number of unbranched alkanes of at least 4 members (excludes halogenated alkanes) is 12. The summed E-state index contributed by atoms with van der Waals surface area (Å²) in [4.78, 5) is 13.6. The molecule has 4 aromatic rings. The molecule has 7 heteroatoms. The van der Waals surface area contributed by atoms with Gasteiger partial charge in [0.2, 0.25) is 0 Å². The summed E-state index contributed by atoms with van der Waals surface area (Å²) >= 11 is 0. The van der Waals surface area contributed by atoms with E-state index < -0.39 is 36.6 Å². The van der Waals surface area contributed by atoms with Crippen LogP contribution in [0.2, 0.25) is 0 Å². The molecule has 1 aliphatic rings. The van der Waals surface area contributed by atoms with Crippen LogP contribution >= 0.6 is 0 Å². The van der Waals surface area contributed by atoms with Gasteiger partial charge in [0, 0.05) is 6.42 Å². The molecule has 0 bridgehead atoms. The third kappa shape index (κ3) is 15.8. The van der Waals surface area contributed by atoms with Crippen molar-refractivity contribution < 1.29 is 33.6 Å². The highest BCUT2D eigenvalue weighted by Crippen LogP contribution is 2.35. The van der Waals surface area contributed by atoms with Crippen molar-refractivity contribution >= 4 is 5.97 Å². The first kappa shape index (κ1) is 44.3. The first-order chi connectivity index (χ1) is 28.1. The second-order valence-electron chi connectivity index (χ2n) is 15.5. The first-order valence-electron chi connectivity index (χ1n) is 21.6. The van der Waals surface area contributed by atoms with Gasteiger partial charge in [-0.15, -0.1) is 0 Å². The number of carbonyl (C=O) groups excluding carboxylic acids is 1. The molecule has 1 aliphatic carbocycles. The lowest BCUT2D eigenvalue weighted by Crippen LogP contribution is -2.67. The highest BCUT2D eigenvalue weighted by molar-refractivity contribution is 5.69. The van der Waals surface area contributed by atoms with E-state index in [4.69, 9.17) is 23.7 Å². The Labute approximate surface area is 342 Å². The van der Waals surface area contributed by atoms with Crippen molar-refractivity contribution in [3.05, 3.63) is 144 Å². The Bertz CT molecular complexity index is 1600. The zero-order valence-corrected chi connectivity index (χ0v) is 34.1. The molecule has 3 unspecified atom stereocenters. The number of rotatable bonds is 27. The highest BCUT2D eigenvalue weighted by Gasteiger charge is 2.55. The highest BCUT2D eigenvalue weighted by atomic mass is 16.6. The molecule has 57 heavy (non-hydrogen) atoms. The number of benzene rings is 4. The lowest BCUT2D eigenvalue weighted by Gasteiger charge is -2.48. The average molecular weight is 779 g/mol. The Morgan fingerprint density at radius 1 is 0.421 bits per heavy atom. The monoisotopic (exact) mass is 778 g/mol. The molecule has 0 aliphatic heterocycles. The summed E-state index contributed by atoms with van der Waals surface area (Å²) in [6.07, 6.45) is 10.7. The van der Waals surface area contributed by atoms with Gasteiger partial charge in [-0.25, -0.2) is 0 Å². The largest absolute Gasteiger partial charge is 0.457 e. The van der Waals surface area contributed by atoms with Crippen molar-refractivity contribution in [2.45, 2.75) is 160 Å². The first-order valence-corrected chi connectivity index (χ1v) is 21.6. The molecule has 6 atom stereocenters. The maximum absolute atomic E-state index is 13.6. The number of hydrogen-bond acceptors (Lipinski definition) is 7. The van der Waals surface area contributed by atoms with Gasteiger partial charge in [0.05, 0.1) is 26.4 Å². The van der Waals surface area contributed by atoms with Crippen LogP contribution in [0.5, 0.6) is 0 Å². The predicted octanol–water partition coefficient (Wildman–Crippen LogP) is 11.1. The predicted molar refractivity (Wildman–Crippen MR) is 226 cm³/mol. The van der Waals surface area contributed by atoms with E-state index in [0.29, 0.717) is 0 Å². The molecule has 0 heterocycles. The maximum Gasteiger partial charge on any atom is 0.306 e. The van der Waals surface area contributed by atoms with Gasteiger partial charge in [0.15, 0.2) is 6.10 Å². The minimum absolute atomic E-state index is 0.230. The lowest BCUT2D eigenvalue weighted by molar-refractivity contribution is -0.277. The fraction of sp³-hybridized carbons (Fsp3) is 0.500. The topological polar surface area (TPSA) is 83.5 Å². The van der Waals surface area contributed by atoms with Gasteiger partial charge in [-0.2, -0.15) is 0 Å². The number of carbonyl (C=O) groups is 1. The number of aliphatic hydroxyl groups is 1. The zero-order valence-electron chi connectivity index (χ0n) is 34.1. The molecule has 0 spiro atoms. The maximum atomic E-state index is 13.6. The van der Waals surface area contributed by atoms with E-state index in [1.165, 1.54) is 64.2 Å². The number of aliphatic hydroxyl groups excluding tert-OH is 1. The molecular weight excluding hydrogens is 713 g/mol. The van der Waals surface area contributed by atoms with E-state index in [2.05, 4.69) is 6.92 Å². The quantitative estimate of drug-likeness (QED) is 0.0477. The summed E-state index contributed by atoms with van der Waals surface area (Å²) in [5.41, 5.74) is 3.86. The number of esters is 1.